The number of halogens is 1. The number of hydrogen-bond acceptors (Lipinski definition) is 4. The number of nitrogens with two attached hydrogens (primary N) is 1. The fraction of sp³-hybridized carbons (Fsp3) is 0. The van der Waals surface area contributed by atoms with Gasteiger partial charge in [-0.3, -0.25) is 0 Å². The summed E-state index contributed by atoms with van der Waals surface area (Å²) < 4.78 is 3.89. The lowest BCUT2D eigenvalue weighted by molar-refractivity contribution is 1.34. The van der Waals surface area contributed by atoms with Crippen molar-refractivity contribution >= 4 is 29.1 Å². The lowest BCUT2D eigenvalue weighted by Crippen LogP contribution is -1.85. The molecule has 1 aromatic carbocycles. The van der Waals surface area contributed by atoms with Gasteiger partial charge in [-0.2, -0.15) is 9.36 Å². The van der Waals surface area contributed by atoms with Crippen molar-refractivity contribution in [1.82, 2.24) is 9.36 Å². The van der Waals surface area contributed by atoms with E-state index >= 15 is 0 Å². The van der Waals surface area contributed by atoms with E-state index < -0.39 is 0 Å². The zero-order valence-corrected chi connectivity index (χ0v) is 8.14. The summed E-state index contributed by atoms with van der Waals surface area (Å²) in [6, 6.07) is 7.41. The van der Waals surface area contributed by atoms with Gasteiger partial charge in [-0.1, -0.05) is 23.7 Å². The Labute approximate surface area is 84.4 Å². The van der Waals surface area contributed by atoms with Crippen LogP contribution in [0.2, 0.25) is 5.02 Å². The second-order valence-electron chi connectivity index (χ2n) is 2.46. The molecule has 1 heterocycles. The van der Waals surface area contributed by atoms with Crippen molar-refractivity contribution in [2.24, 2.45) is 0 Å². The summed E-state index contributed by atoms with van der Waals surface area (Å²) in [5, 5.41) is 1.52. The number of nitrogens with zero attached hydrogens (tertiary/aromatic N) is 2. The molecule has 0 unspecified atom stereocenters. The second kappa shape index (κ2) is 3.32. The lowest BCUT2D eigenvalue weighted by atomic mass is 10.2. The van der Waals surface area contributed by atoms with Crippen LogP contribution < -0.4 is 5.73 Å². The smallest absolute Gasteiger partial charge is 0.232 e. The van der Waals surface area contributed by atoms with Gasteiger partial charge in [0.15, 0.2) is 0 Å². The summed E-state index contributed by atoms with van der Waals surface area (Å²) in [4.78, 5) is 4.05. The minimum absolute atomic E-state index is 0.315. The van der Waals surface area contributed by atoms with Gasteiger partial charge in [0, 0.05) is 10.6 Å². The molecule has 0 spiro atoms. The quantitative estimate of drug-likeness (QED) is 0.788. The SMILES string of the molecule is Nc1nsc(-c2ccc(Cl)cc2)n1. The predicted molar refractivity (Wildman–Crippen MR) is 54.8 cm³/mol. The Kier molecular flexibility index (Phi) is 2.16. The van der Waals surface area contributed by atoms with Gasteiger partial charge >= 0.3 is 0 Å². The van der Waals surface area contributed by atoms with Crippen LogP contribution in [0.1, 0.15) is 0 Å². The minimum atomic E-state index is 0.315. The largest absolute Gasteiger partial charge is 0.367 e. The highest BCUT2D eigenvalue weighted by molar-refractivity contribution is 7.09. The van der Waals surface area contributed by atoms with Gasteiger partial charge in [-0.05, 0) is 23.7 Å². The van der Waals surface area contributed by atoms with E-state index in [0.717, 1.165) is 10.6 Å². The summed E-state index contributed by atoms with van der Waals surface area (Å²) >= 11 is 7.03. The van der Waals surface area contributed by atoms with E-state index in [2.05, 4.69) is 9.36 Å². The first-order chi connectivity index (χ1) is 6.25. The van der Waals surface area contributed by atoms with Crippen molar-refractivity contribution < 1.29 is 0 Å². The third kappa shape index (κ3) is 1.79. The van der Waals surface area contributed by atoms with E-state index in [1.807, 2.05) is 24.3 Å². The fourth-order valence-electron chi connectivity index (χ4n) is 0.945. The highest BCUT2D eigenvalue weighted by Gasteiger charge is 2.02. The van der Waals surface area contributed by atoms with E-state index in [1.165, 1.54) is 11.5 Å². The van der Waals surface area contributed by atoms with Gasteiger partial charge in [0.25, 0.3) is 0 Å². The van der Waals surface area contributed by atoms with Crippen molar-refractivity contribution in [1.29, 1.82) is 0 Å². The van der Waals surface area contributed by atoms with E-state index in [1.54, 1.807) is 0 Å². The maximum absolute atomic E-state index is 5.75. The normalized spacial score (nSPS) is 10.2. The molecule has 0 aliphatic rings. The first-order valence-electron chi connectivity index (χ1n) is 3.61. The molecule has 0 saturated heterocycles. The predicted octanol–water partition coefficient (Wildman–Crippen LogP) is 2.44. The van der Waals surface area contributed by atoms with Gasteiger partial charge in [0.2, 0.25) is 5.95 Å². The van der Waals surface area contributed by atoms with E-state index in [-0.39, 0.29) is 0 Å². The topological polar surface area (TPSA) is 51.8 Å². The number of benzene rings is 1. The van der Waals surface area contributed by atoms with Crippen molar-refractivity contribution in [3.63, 3.8) is 0 Å². The Morgan fingerprint density at radius 1 is 1.23 bits per heavy atom. The average Bonchev–Trinajstić information content (AvgIpc) is 2.53. The van der Waals surface area contributed by atoms with Crippen LogP contribution in [0.5, 0.6) is 0 Å². The Morgan fingerprint density at radius 3 is 2.46 bits per heavy atom. The number of anilines is 1. The third-order valence-electron chi connectivity index (χ3n) is 1.53. The van der Waals surface area contributed by atoms with Crippen molar-refractivity contribution in [3.05, 3.63) is 29.3 Å². The monoisotopic (exact) mass is 211 g/mol. The molecule has 66 valence electrons. The maximum atomic E-state index is 5.75. The Bertz CT molecular complexity index is 410. The van der Waals surface area contributed by atoms with Crippen LogP contribution >= 0.6 is 23.1 Å². The van der Waals surface area contributed by atoms with Crippen LogP contribution in [0.25, 0.3) is 10.6 Å². The molecule has 0 bridgehead atoms. The van der Waals surface area contributed by atoms with Gasteiger partial charge in [0.05, 0.1) is 0 Å². The zero-order valence-electron chi connectivity index (χ0n) is 6.57. The molecule has 0 radical (unpaired) electrons. The molecule has 5 heteroatoms. The molecule has 2 aromatic rings. The number of aromatic nitrogens is 2. The Morgan fingerprint density at radius 2 is 1.92 bits per heavy atom. The molecule has 0 aliphatic heterocycles. The highest BCUT2D eigenvalue weighted by Crippen LogP contribution is 2.23. The van der Waals surface area contributed by atoms with Crippen LogP contribution in [0.4, 0.5) is 5.95 Å². The Hall–Kier alpha value is -1.13. The first-order valence-corrected chi connectivity index (χ1v) is 4.76. The summed E-state index contributed by atoms with van der Waals surface area (Å²) in [5.41, 5.74) is 6.39. The number of nitrogen functional groups attached to an aromatic ring is 1. The van der Waals surface area contributed by atoms with Crippen LogP contribution in [-0.2, 0) is 0 Å². The third-order valence-corrected chi connectivity index (χ3v) is 2.56. The first kappa shape index (κ1) is 8.47. The molecule has 0 amide bonds. The molecule has 0 aliphatic carbocycles. The van der Waals surface area contributed by atoms with Crippen molar-refractivity contribution in [2.45, 2.75) is 0 Å². The second-order valence-corrected chi connectivity index (χ2v) is 3.65. The maximum Gasteiger partial charge on any atom is 0.232 e. The summed E-state index contributed by atoms with van der Waals surface area (Å²) in [7, 11) is 0. The van der Waals surface area contributed by atoms with E-state index in [4.69, 9.17) is 17.3 Å². The number of rotatable bonds is 1. The fourth-order valence-corrected chi connectivity index (χ4v) is 1.67. The molecule has 1 aromatic heterocycles. The molecule has 0 atom stereocenters. The minimum Gasteiger partial charge on any atom is -0.367 e. The van der Waals surface area contributed by atoms with Gasteiger partial charge in [-0.15, -0.1) is 0 Å². The van der Waals surface area contributed by atoms with Crippen LogP contribution in [0, 0.1) is 0 Å². The average molecular weight is 212 g/mol. The molecule has 13 heavy (non-hydrogen) atoms. The summed E-state index contributed by atoms with van der Waals surface area (Å²) in [6.07, 6.45) is 0. The standard InChI is InChI=1S/C8H6ClN3S/c9-6-3-1-5(2-4-6)7-11-8(10)12-13-7/h1-4H,(H2,10,12). The van der Waals surface area contributed by atoms with Crippen molar-refractivity contribution in [2.75, 3.05) is 5.73 Å². The molecule has 0 saturated carbocycles. The number of hydrogen-bond donors (Lipinski definition) is 1. The molecular weight excluding hydrogens is 206 g/mol. The molecule has 0 fully saturated rings. The van der Waals surface area contributed by atoms with Crippen LogP contribution in [0.3, 0.4) is 0 Å². The van der Waals surface area contributed by atoms with Gasteiger partial charge in [0.1, 0.15) is 5.01 Å². The molecular formula is C8H6ClN3S. The summed E-state index contributed by atoms with van der Waals surface area (Å²) in [6.45, 7) is 0. The summed E-state index contributed by atoms with van der Waals surface area (Å²) in [5.74, 6) is 0.315. The van der Waals surface area contributed by atoms with Crippen molar-refractivity contribution in [3.8, 4) is 10.6 Å². The van der Waals surface area contributed by atoms with E-state index in [0.29, 0.717) is 11.0 Å². The molecule has 2 rings (SSSR count). The van der Waals surface area contributed by atoms with Crippen LogP contribution in [0.15, 0.2) is 24.3 Å². The van der Waals surface area contributed by atoms with Gasteiger partial charge in [-0.25, -0.2) is 0 Å². The Balaban J connectivity index is 2.41. The zero-order chi connectivity index (χ0) is 9.26. The molecule has 3 nitrogen and oxygen atoms in total. The lowest BCUT2D eigenvalue weighted by Gasteiger charge is -1.93. The molecule has 2 N–H and O–H groups in total. The highest BCUT2D eigenvalue weighted by atomic mass is 35.5. The van der Waals surface area contributed by atoms with E-state index in [9.17, 15) is 0 Å². The van der Waals surface area contributed by atoms with Gasteiger partial charge < -0.3 is 5.73 Å². The van der Waals surface area contributed by atoms with Crippen LogP contribution in [-0.4, -0.2) is 9.36 Å².